The van der Waals surface area contributed by atoms with Gasteiger partial charge in [-0.15, -0.1) is 0 Å². The Hall–Kier alpha value is -2.24. The lowest BCUT2D eigenvalue weighted by Crippen LogP contribution is -2.46. The molecule has 0 bridgehead atoms. The molecule has 1 heterocycles. The maximum Gasteiger partial charge on any atom is 0.255 e. The molecule has 136 valence electrons. The van der Waals surface area contributed by atoms with Crippen LogP contribution in [-0.2, 0) is 4.79 Å². The van der Waals surface area contributed by atoms with Crippen molar-refractivity contribution in [2.24, 2.45) is 17.6 Å². The van der Waals surface area contributed by atoms with Gasteiger partial charge in [-0.05, 0) is 50.7 Å². The number of phenols is 1. The molecule has 1 aromatic rings. The zero-order chi connectivity index (χ0) is 18.4. The molecular formula is C19H26N2O4. The Labute approximate surface area is 147 Å². The lowest BCUT2D eigenvalue weighted by atomic mass is 9.64. The van der Waals surface area contributed by atoms with Gasteiger partial charge < -0.3 is 20.9 Å². The molecule has 3 rings (SSSR count). The fourth-order valence-corrected chi connectivity index (χ4v) is 4.37. The Morgan fingerprint density at radius 3 is 2.76 bits per heavy atom. The number of hydrogen-bond acceptors (Lipinski definition) is 4. The summed E-state index contributed by atoms with van der Waals surface area (Å²) in [5, 5.41) is 13.2. The number of nitrogens with one attached hydrogen (secondary N) is 1. The predicted molar refractivity (Wildman–Crippen MR) is 93.6 cm³/mol. The lowest BCUT2D eigenvalue weighted by molar-refractivity contribution is -0.117. The summed E-state index contributed by atoms with van der Waals surface area (Å²) in [5.41, 5.74) is 5.64. The first-order valence-corrected chi connectivity index (χ1v) is 8.82. The molecule has 0 unspecified atom stereocenters. The summed E-state index contributed by atoms with van der Waals surface area (Å²) in [6, 6.07) is 3.28. The van der Waals surface area contributed by atoms with Gasteiger partial charge >= 0.3 is 0 Å². The quantitative estimate of drug-likeness (QED) is 0.781. The van der Waals surface area contributed by atoms with Crippen molar-refractivity contribution in [3.05, 3.63) is 23.3 Å². The third-order valence-electron chi connectivity index (χ3n) is 5.59. The highest BCUT2D eigenvalue weighted by atomic mass is 16.5. The number of primary amides is 1. The Kier molecular flexibility index (Phi) is 4.39. The molecule has 1 aromatic carbocycles. The lowest BCUT2D eigenvalue weighted by Gasteiger charge is -2.48. The van der Waals surface area contributed by atoms with E-state index >= 15 is 0 Å². The Bertz CT molecular complexity index is 714. The summed E-state index contributed by atoms with van der Waals surface area (Å²) in [7, 11) is 0. The zero-order valence-corrected chi connectivity index (χ0v) is 15.0. The normalized spacial score (nSPS) is 26.8. The minimum absolute atomic E-state index is 0.0425. The summed E-state index contributed by atoms with van der Waals surface area (Å²) >= 11 is 0. The van der Waals surface area contributed by atoms with Crippen LogP contribution in [-0.4, -0.2) is 29.1 Å². The molecule has 4 N–H and O–H groups in total. The second-order valence-corrected chi connectivity index (χ2v) is 7.86. The maximum atomic E-state index is 12.3. The van der Waals surface area contributed by atoms with E-state index in [2.05, 4.69) is 26.1 Å². The fourth-order valence-electron chi connectivity index (χ4n) is 4.37. The minimum atomic E-state index is -0.628. The van der Waals surface area contributed by atoms with Gasteiger partial charge in [-0.2, -0.15) is 0 Å². The molecule has 0 spiro atoms. The number of rotatable bonds is 3. The van der Waals surface area contributed by atoms with Crippen molar-refractivity contribution in [2.45, 2.75) is 51.6 Å². The number of amides is 2. The van der Waals surface area contributed by atoms with Crippen LogP contribution in [0.25, 0.3) is 0 Å². The second kappa shape index (κ2) is 6.24. The molecule has 25 heavy (non-hydrogen) atoms. The number of aromatic hydroxyl groups is 1. The van der Waals surface area contributed by atoms with Gasteiger partial charge in [0.2, 0.25) is 5.91 Å². The average molecular weight is 346 g/mol. The van der Waals surface area contributed by atoms with E-state index in [1.165, 1.54) is 6.07 Å². The van der Waals surface area contributed by atoms with Gasteiger partial charge in [-0.1, -0.05) is 13.3 Å². The van der Waals surface area contributed by atoms with Gasteiger partial charge in [0.15, 0.2) is 0 Å². The van der Waals surface area contributed by atoms with Crippen LogP contribution in [0.5, 0.6) is 11.5 Å². The number of hydrogen-bond donors (Lipinski definition) is 3. The number of phenolic OH excluding ortho intramolecular Hbond substituents is 1. The molecule has 6 heteroatoms. The number of carbonyl (C=O) groups is 2. The van der Waals surface area contributed by atoms with Crippen LogP contribution in [0.4, 0.5) is 0 Å². The van der Waals surface area contributed by atoms with Crippen molar-refractivity contribution in [1.29, 1.82) is 0 Å². The zero-order valence-electron chi connectivity index (χ0n) is 15.0. The number of fused-ring (bicyclic) bond motifs is 3. The van der Waals surface area contributed by atoms with Crippen LogP contribution in [0.3, 0.4) is 0 Å². The van der Waals surface area contributed by atoms with Gasteiger partial charge in [0.1, 0.15) is 17.1 Å². The van der Waals surface area contributed by atoms with Crippen LogP contribution in [0, 0.1) is 11.8 Å². The van der Waals surface area contributed by atoms with Crippen LogP contribution >= 0.6 is 0 Å². The van der Waals surface area contributed by atoms with Gasteiger partial charge in [-0.3, -0.25) is 9.59 Å². The van der Waals surface area contributed by atoms with E-state index in [1.807, 2.05) is 0 Å². The maximum absolute atomic E-state index is 12.3. The molecule has 3 atom stereocenters. The molecule has 0 radical (unpaired) electrons. The molecule has 1 saturated carbocycles. The van der Waals surface area contributed by atoms with Crippen LogP contribution in [0.2, 0.25) is 0 Å². The molecule has 2 amide bonds. The van der Waals surface area contributed by atoms with E-state index < -0.39 is 11.8 Å². The van der Waals surface area contributed by atoms with Crippen molar-refractivity contribution < 1.29 is 19.4 Å². The smallest absolute Gasteiger partial charge is 0.255 e. The summed E-state index contributed by atoms with van der Waals surface area (Å²) < 4.78 is 6.17. The van der Waals surface area contributed by atoms with Crippen LogP contribution < -0.4 is 15.8 Å². The first-order chi connectivity index (χ1) is 11.7. The standard InChI is InChI=1S/C19H26N2O4/c1-10-4-6-13-12(8-10)16-14(25-19(13,2)3)7-5-11(17(16)23)18(24)21-9-15(20)22/h5,7,10,12-13,23H,4,6,8-9H2,1-3H3,(H2,20,22)(H,21,24)/t10-,12-,13-/m1/s1. The Balaban J connectivity index is 2.00. The van der Waals surface area contributed by atoms with Crippen LogP contribution in [0.1, 0.15) is 61.9 Å². The highest BCUT2D eigenvalue weighted by molar-refractivity contribution is 5.99. The molecule has 0 aromatic heterocycles. The molecule has 1 aliphatic carbocycles. The monoisotopic (exact) mass is 346 g/mol. The Morgan fingerprint density at radius 2 is 2.08 bits per heavy atom. The molecular weight excluding hydrogens is 320 g/mol. The topological polar surface area (TPSA) is 102 Å². The molecule has 2 aliphatic rings. The van der Waals surface area contributed by atoms with E-state index in [4.69, 9.17) is 10.5 Å². The molecule has 0 saturated heterocycles. The summed E-state index contributed by atoms with van der Waals surface area (Å²) in [6.45, 7) is 6.14. The molecule has 1 fully saturated rings. The summed E-state index contributed by atoms with van der Waals surface area (Å²) in [5.74, 6) is 0.483. The number of benzene rings is 1. The van der Waals surface area contributed by atoms with Crippen molar-refractivity contribution in [2.75, 3.05) is 6.54 Å². The van der Waals surface area contributed by atoms with E-state index in [9.17, 15) is 14.7 Å². The van der Waals surface area contributed by atoms with Crippen molar-refractivity contribution in [3.8, 4) is 11.5 Å². The molecule has 6 nitrogen and oxygen atoms in total. The first-order valence-electron chi connectivity index (χ1n) is 8.82. The first kappa shape index (κ1) is 17.6. The Morgan fingerprint density at radius 1 is 1.36 bits per heavy atom. The summed E-state index contributed by atoms with van der Waals surface area (Å²) in [6.07, 6.45) is 3.14. The minimum Gasteiger partial charge on any atom is -0.507 e. The third kappa shape index (κ3) is 3.17. The van der Waals surface area contributed by atoms with Crippen molar-refractivity contribution >= 4 is 11.8 Å². The van der Waals surface area contributed by atoms with Crippen molar-refractivity contribution in [1.82, 2.24) is 5.32 Å². The number of ether oxygens (including phenoxy) is 1. The predicted octanol–water partition coefficient (Wildman–Crippen LogP) is 2.30. The van der Waals surface area contributed by atoms with E-state index in [1.54, 1.807) is 6.07 Å². The second-order valence-electron chi connectivity index (χ2n) is 7.86. The molecule has 1 aliphatic heterocycles. The van der Waals surface area contributed by atoms with Crippen molar-refractivity contribution in [3.63, 3.8) is 0 Å². The summed E-state index contributed by atoms with van der Waals surface area (Å²) in [4.78, 5) is 23.2. The largest absolute Gasteiger partial charge is 0.507 e. The average Bonchev–Trinajstić information content (AvgIpc) is 2.51. The highest BCUT2D eigenvalue weighted by Crippen LogP contribution is 2.55. The number of nitrogens with two attached hydrogens (primary N) is 1. The SMILES string of the molecule is C[C@@H]1CC[C@@H]2[C@@H](C1)c1c(ccc(C(=O)NCC(N)=O)c1O)OC2(C)C. The fraction of sp³-hybridized carbons (Fsp3) is 0.579. The van der Waals surface area contributed by atoms with E-state index in [-0.39, 0.29) is 29.4 Å². The highest BCUT2D eigenvalue weighted by Gasteiger charge is 2.47. The van der Waals surface area contributed by atoms with Crippen LogP contribution in [0.15, 0.2) is 12.1 Å². The third-order valence-corrected chi connectivity index (χ3v) is 5.59. The van der Waals surface area contributed by atoms with E-state index in [0.29, 0.717) is 17.6 Å². The van der Waals surface area contributed by atoms with E-state index in [0.717, 1.165) is 24.8 Å². The number of carbonyl (C=O) groups excluding carboxylic acids is 2. The van der Waals surface area contributed by atoms with Gasteiger partial charge in [0.25, 0.3) is 5.91 Å². The van der Waals surface area contributed by atoms with Gasteiger partial charge in [0, 0.05) is 11.5 Å². The van der Waals surface area contributed by atoms with Gasteiger partial charge in [0.05, 0.1) is 12.1 Å². The van der Waals surface area contributed by atoms with Gasteiger partial charge in [-0.25, -0.2) is 0 Å².